The smallest absolute Gasteiger partial charge is 0.414 e. The number of nitrogens with zero attached hydrogens (tertiary/aromatic N) is 2. The zero-order valence-electron chi connectivity index (χ0n) is 14.5. The van der Waals surface area contributed by atoms with Crippen LogP contribution in [0.2, 0.25) is 0 Å². The van der Waals surface area contributed by atoms with Crippen molar-refractivity contribution >= 4 is 33.2 Å². The van der Waals surface area contributed by atoms with Crippen molar-refractivity contribution in [2.45, 2.75) is 36.8 Å². The number of carbonyl (C=O) groups is 2. The minimum Gasteiger partial charge on any atom is -0.442 e. The lowest BCUT2D eigenvalue weighted by atomic mass is 10.2. The minimum absolute atomic E-state index is 0.0529. The second kappa shape index (κ2) is 6.15. The fourth-order valence-corrected chi connectivity index (χ4v) is 5.76. The molecule has 1 aromatic carbocycles. The van der Waals surface area contributed by atoms with Gasteiger partial charge in [-0.05, 0) is 31.0 Å². The highest BCUT2D eigenvalue weighted by Crippen LogP contribution is 2.40. The summed E-state index contributed by atoms with van der Waals surface area (Å²) < 4.78 is 30.7. The Bertz CT molecular complexity index is 869. The van der Waals surface area contributed by atoms with Gasteiger partial charge in [-0.15, -0.1) is 0 Å². The van der Waals surface area contributed by atoms with Gasteiger partial charge in [0, 0.05) is 25.2 Å². The van der Waals surface area contributed by atoms with Gasteiger partial charge in [-0.25, -0.2) is 13.2 Å². The van der Waals surface area contributed by atoms with E-state index in [9.17, 15) is 18.0 Å². The number of hydrogen-bond donors (Lipinski definition) is 1. The fourth-order valence-electron chi connectivity index (χ4n) is 3.92. The summed E-state index contributed by atoms with van der Waals surface area (Å²) in [6, 6.07) is 5.17. The van der Waals surface area contributed by atoms with Crippen LogP contribution in [0.3, 0.4) is 0 Å². The van der Waals surface area contributed by atoms with Gasteiger partial charge in [-0.1, -0.05) is 0 Å². The topological polar surface area (TPSA) is 96.0 Å². The zero-order chi connectivity index (χ0) is 18.5. The first-order valence-electron chi connectivity index (χ1n) is 8.71. The van der Waals surface area contributed by atoms with Crippen LogP contribution in [0.4, 0.5) is 16.2 Å². The molecule has 1 N–H and O–H groups in total. The van der Waals surface area contributed by atoms with Crippen LogP contribution in [0.15, 0.2) is 23.1 Å². The summed E-state index contributed by atoms with van der Waals surface area (Å²) in [5, 5.41) is 2.62. The molecule has 0 aromatic heterocycles. The molecule has 0 spiro atoms. The number of sulfone groups is 1. The first-order chi connectivity index (χ1) is 12.3. The van der Waals surface area contributed by atoms with E-state index in [1.807, 2.05) is 0 Å². The second-order valence-electron chi connectivity index (χ2n) is 6.98. The van der Waals surface area contributed by atoms with Gasteiger partial charge in [-0.3, -0.25) is 9.69 Å². The molecule has 0 saturated carbocycles. The molecule has 2 atom stereocenters. The van der Waals surface area contributed by atoms with E-state index in [2.05, 4.69) is 10.2 Å². The molecule has 4 rings (SSSR count). The molecule has 26 heavy (non-hydrogen) atoms. The van der Waals surface area contributed by atoms with Crippen LogP contribution in [0.5, 0.6) is 0 Å². The minimum atomic E-state index is -3.38. The predicted molar refractivity (Wildman–Crippen MR) is 95.2 cm³/mol. The Morgan fingerprint density at radius 3 is 2.96 bits per heavy atom. The number of amides is 2. The molecule has 2 fully saturated rings. The molecule has 0 aliphatic carbocycles. The van der Waals surface area contributed by atoms with E-state index in [-0.39, 0.29) is 35.7 Å². The molecule has 1 aromatic rings. The van der Waals surface area contributed by atoms with Crippen molar-refractivity contribution in [1.82, 2.24) is 5.32 Å². The van der Waals surface area contributed by atoms with Gasteiger partial charge in [0.2, 0.25) is 5.91 Å². The van der Waals surface area contributed by atoms with Gasteiger partial charge >= 0.3 is 6.09 Å². The van der Waals surface area contributed by atoms with Gasteiger partial charge in [-0.2, -0.15) is 0 Å². The van der Waals surface area contributed by atoms with Crippen LogP contribution in [0.1, 0.15) is 19.8 Å². The molecule has 3 aliphatic rings. The fraction of sp³-hybridized carbons (Fsp3) is 0.529. The van der Waals surface area contributed by atoms with Gasteiger partial charge < -0.3 is 15.0 Å². The Balaban J connectivity index is 1.61. The van der Waals surface area contributed by atoms with E-state index in [0.29, 0.717) is 5.69 Å². The molecule has 0 unspecified atom stereocenters. The summed E-state index contributed by atoms with van der Waals surface area (Å²) in [7, 11) is -3.38. The average Bonchev–Trinajstić information content (AvgIpc) is 3.18. The molecule has 3 heterocycles. The Labute approximate surface area is 152 Å². The van der Waals surface area contributed by atoms with Crippen LogP contribution in [-0.4, -0.2) is 58.0 Å². The normalized spacial score (nSPS) is 26.3. The third-order valence-corrected chi connectivity index (χ3v) is 6.96. The number of fused-ring (bicyclic) bond motifs is 3. The third-order valence-electron chi connectivity index (χ3n) is 5.14. The molecule has 9 heteroatoms. The van der Waals surface area contributed by atoms with Crippen LogP contribution in [0.25, 0.3) is 0 Å². The predicted octanol–water partition coefficient (Wildman–Crippen LogP) is 0.904. The van der Waals surface area contributed by atoms with Crippen LogP contribution < -0.4 is 15.1 Å². The highest BCUT2D eigenvalue weighted by atomic mass is 32.2. The Morgan fingerprint density at radius 1 is 1.38 bits per heavy atom. The molecule has 8 nitrogen and oxygen atoms in total. The molecule has 0 bridgehead atoms. The lowest BCUT2D eigenvalue weighted by Gasteiger charge is -2.33. The van der Waals surface area contributed by atoms with E-state index in [1.54, 1.807) is 18.2 Å². The van der Waals surface area contributed by atoms with Crippen molar-refractivity contribution in [1.29, 1.82) is 0 Å². The van der Waals surface area contributed by atoms with E-state index < -0.39 is 22.0 Å². The molecular weight excluding hydrogens is 358 g/mol. The first-order valence-corrected chi connectivity index (χ1v) is 10.4. The maximum atomic E-state index is 12.7. The van der Waals surface area contributed by atoms with Crippen molar-refractivity contribution in [3.63, 3.8) is 0 Å². The van der Waals surface area contributed by atoms with Crippen molar-refractivity contribution in [2.24, 2.45) is 0 Å². The number of carbonyl (C=O) groups excluding carboxylic acids is 2. The highest BCUT2D eigenvalue weighted by molar-refractivity contribution is 7.91. The standard InChI is InChI=1S/C17H21N3O5S/c1-11(21)18-8-14-9-20(17(22)25-14)12-4-5-15-16(7-12)26(23,24)10-13-3-2-6-19(13)15/h4-5,7,13-14H,2-3,6,8-10H2,1H3,(H,18,21)/t13-,14-/m0/s1. The molecule has 0 radical (unpaired) electrons. The van der Waals surface area contributed by atoms with Crippen LogP contribution >= 0.6 is 0 Å². The first kappa shape index (κ1) is 17.1. The largest absolute Gasteiger partial charge is 0.442 e. The number of anilines is 2. The third kappa shape index (κ3) is 2.90. The van der Waals surface area contributed by atoms with E-state index in [1.165, 1.54) is 11.8 Å². The summed E-state index contributed by atoms with van der Waals surface area (Å²) in [5.74, 6) is -0.0708. The molecule has 2 saturated heterocycles. The summed E-state index contributed by atoms with van der Waals surface area (Å²) in [5.41, 5.74) is 1.23. The maximum absolute atomic E-state index is 12.7. The number of ether oxygens (including phenoxy) is 1. The van der Waals surface area contributed by atoms with Crippen molar-refractivity contribution in [3.8, 4) is 0 Å². The SMILES string of the molecule is CC(=O)NC[C@H]1CN(c2ccc3c(c2)S(=O)(=O)C[C@@H]2CCCN32)C(=O)O1. The van der Waals surface area contributed by atoms with E-state index in [0.717, 1.165) is 25.1 Å². The number of cyclic esters (lactones) is 1. The molecule has 3 aliphatic heterocycles. The number of benzene rings is 1. The van der Waals surface area contributed by atoms with Crippen molar-refractivity contribution < 1.29 is 22.7 Å². The lowest BCUT2D eigenvalue weighted by Crippen LogP contribution is -2.40. The van der Waals surface area contributed by atoms with E-state index >= 15 is 0 Å². The van der Waals surface area contributed by atoms with Crippen LogP contribution in [-0.2, 0) is 19.4 Å². The Hall–Kier alpha value is -2.29. The van der Waals surface area contributed by atoms with Gasteiger partial charge in [0.1, 0.15) is 6.10 Å². The zero-order valence-corrected chi connectivity index (χ0v) is 15.3. The van der Waals surface area contributed by atoms with Crippen molar-refractivity contribution in [2.75, 3.05) is 35.2 Å². The Morgan fingerprint density at radius 2 is 2.19 bits per heavy atom. The van der Waals surface area contributed by atoms with Gasteiger partial charge in [0.05, 0.1) is 29.4 Å². The van der Waals surface area contributed by atoms with Gasteiger partial charge in [0.15, 0.2) is 9.84 Å². The quantitative estimate of drug-likeness (QED) is 0.838. The number of rotatable bonds is 3. The van der Waals surface area contributed by atoms with E-state index in [4.69, 9.17) is 4.74 Å². The van der Waals surface area contributed by atoms with Crippen molar-refractivity contribution in [3.05, 3.63) is 18.2 Å². The monoisotopic (exact) mass is 379 g/mol. The lowest BCUT2D eigenvalue weighted by molar-refractivity contribution is -0.119. The molecular formula is C17H21N3O5S. The average molecular weight is 379 g/mol. The van der Waals surface area contributed by atoms with Gasteiger partial charge in [0.25, 0.3) is 0 Å². The maximum Gasteiger partial charge on any atom is 0.414 e. The number of nitrogens with one attached hydrogen (secondary N) is 1. The summed E-state index contributed by atoms with van der Waals surface area (Å²) in [4.78, 5) is 27.0. The highest BCUT2D eigenvalue weighted by Gasteiger charge is 2.39. The molecule has 140 valence electrons. The molecule has 2 amide bonds. The summed E-state index contributed by atoms with van der Waals surface area (Å²) in [6.07, 6.45) is 0.892. The number of hydrogen-bond acceptors (Lipinski definition) is 6. The summed E-state index contributed by atoms with van der Waals surface area (Å²) in [6.45, 7) is 2.76. The summed E-state index contributed by atoms with van der Waals surface area (Å²) >= 11 is 0. The second-order valence-corrected chi connectivity index (χ2v) is 8.98. The Kier molecular flexibility index (Phi) is 4.06. The van der Waals surface area contributed by atoms with Crippen LogP contribution in [0, 0.1) is 0 Å².